The Morgan fingerprint density at radius 2 is 2.32 bits per heavy atom. The van der Waals surface area contributed by atoms with Crippen LogP contribution in [0.3, 0.4) is 0 Å². The molecule has 1 amide bonds. The lowest BCUT2D eigenvalue weighted by atomic mass is 10.2. The number of aromatic nitrogens is 1. The van der Waals surface area contributed by atoms with Crippen LogP contribution in [0.2, 0.25) is 0 Å². The minimum Gasteiger partial charge on any atom is -0.382 e. The zero-order valence-corrected chi connectivity index (χ0v) is 13.5. The van der Waals surface area contributed by atoms with E-state index in [9.17, 15) is 4.79 Å². The number of thioether (sulfide) groups is 1. The van der Waals surface area contributed by atoms with E-state index in [2.05, 4.69) is 23.5 Å². The Kier molecular flexibility index (Phi) is 6.44. The monoisotopic (exact) mass is 302 g/mol. The molecule has 0 aliphatic rings. The van der Waals surface area contributed by atoms with E-state index in [4.69, 9.17) is 5.73 Å². The maximum atomic E-state index is 12.1. The summed E-state index contributed by atoms with van der Waals surface area (Å²) in [5.74, 6) is 1.67. The van der Waals surface area contributed by atoms with E-state index in [0.29, 0.717) is 23.2 Å². The summed E-state index contributed by atoms with van der Waals surface area (Å²) in [6.07, 6.45) is 2.06. The van der Waals surface area contributed by atoms with E-state index < -0.39 is 0 Å². The lowest BCUT2D eigenvalue weighted by Crippen LogP contribution is -2.29. The standard InChI is InChI=1S/C12H22N4OS2/c1-5-16(3)12-15-10(13)9(19-12)11(17)14-6-8(2)7-18-4/h8H,5-7,13H2,1-4H3,(H,14,17). The number of thiazole rings is 1. The third kappa shape index (κ3) is 4.58. The molecule has 1 atom stereocenters. The Bertz CT molecular complexity index is 422. The van der Waals surface area contributed by atoms with Crippen LogP contribution in [-0.2, 0) is 0 Å². The quantitative estimate of drug-likeness (QED) is 0.805. The van der Waals surface area contributed by atoms with Crippen LogP contribution in [0.5, 0.6) is 0 Å². The number of carbonyl (C=O) groups excluding carboxylic acids is 1. The predicted molar refractivity (Wildman–Crippen MR) is 85.3 cm³/mol. The van der Waals surface area contributed by atoms with Crippen molar-refractivity contribution in [2.75, 3.05) is 42.8 Å². The SMILES string of the molecule is CCN(C)c1nc(N)c(C(=O)NCC(C)CSC)s1. The molecule has 0 radical (unpaired) electrons. The molecular weight excluding hydrogens is 280 g/mol. The van der Waals surface area contributed by atoms with Crippen LogP contribution >= 0.6 is 23.1 Å². The molecule has 1 unspecified atom stereocenters. The summed E-state index contributed by atoms with van der Waals surface area (Å²) < 4.78 is 0. The number of anilines is 2. The first kappa shape index (κ1) is 16.1. The third-order valence-electron chi connectivity index (χ3n) is 2.71. The van der Waals surface area contributed by atoms with Crippen LogP contribution in [0, 0.1) is 5.92 Å². The first-order valence-corrected chi connectivity index (χ1v) is 8.45. The number of nitrogen functional groups attached to an aromatic ring is 1. The van der Waals surface area contributed by atoms with Crippen molar-refractivity contribution in [3.8, 4) is 0 Å². The van der Waals surface area contributed by atoms with Crippen LogP contribution in [0.4, 0.5) is 10.9 Å². The maximum absolute atomic E-state index is 12.1. The highest BCUT2D eigenvalue weighted by Crippen LogP contribution is 2.27. The van der Waals surface area contributed by atoms with Gasteiger partial charge in [0.05, 0.1) is 0 Å². The molecule has 7 heteroatoms. The van der Waals surface area contributed by atoms with Crippen molar-refractivity contribution in [3.05, 3.63) is 4.88 Å². The molecule has 1 rings (SSSR count). The van der Waals surface area contributed by atoms with Crippen molar-refractivity contribution in [2.45, 2.75) is 13.8 Å². The molecule has 1 heterocycles. The summed E-state index contributed by atoms with van der Waals surface area (Å²) in [5, 5.41) is 3.69. The van der Waals surface area contributed by atoms with Gasteiger partial charge in [0, 0.05) is 20.1 Å². The molecular formula is C12H22N4OS2. The van der Waals surface area contributed by atoms with E-state index in [-0.39, 0.29) is 5.91 Å². The van der Waals surface area contributed by atoms with Crippen LogP contribution in [0.15, 0.2) is 0 Å². The lowest BCUT2D eigenvalue weighted by Gasteiger charge is -2.11. The predicted octanol–water partition coefficient (Wildman–Crippen LogP) is 1.91. The lowest BCUT2D eigenvalue weighted by molar-refractivity contribution is 0.0954. The Morgan fingerprint density at radius 3 is 2.89 bits per heavy atom. The van der Waals surface area contributed by atoms with Gasteiger partial charge in [-0.15, -0.1) is 0 Å². The molecule has 0 aliphatic heterocycles. The summed E-state index contributed by atoms with van der Waals surface area (Å²) in [6, 6.07) is 0. The van der Waals surface area contributed by atoms with E-state index in [0.717, 1.165) is 17.4 Å². The number of rotatable bonds is 7. The number of nitrogens with zero attached hydrogens (tertiary/aromatic N) is 2. The number of hydrogen-bond acceptors (Lipinski definition) is 6. The number of nitrogens with two attached hydrogens (primary N) is 1. The summed E-state index contributed by atoms with van der Waals surface area (Å²) in [5.41, 5.74) is 5.81. The molecule has 0 aliphatic carbocycles. The molecule has 0 fully saturated rings. The van der Waals surface area contributed by atoms with Gasteiger partial charge in [0.15, 0.2) is 5.13 Å². The van der Waals surface area contributed by atoms with Gasteiger partial charge in [-0.25, -0.2) is 4.98 Å². The molecule has 1 aromatic heterocycles. The highest BCUT2D eigenvalue weighted by atomic mass is 32.2. The molecule has 5 nitrogen and oxygen atoms in total. The number of carbonyl (C=O) groups is 1. The number of amides is 1. The Morgan fingerprint density at radius 1 is 1.63 bits per heavy atom. The zero-order valence-electron chi connectivity index (χ0n) is 11.9. The summed E-state index contributed by atoms with van der Waals surface area (Å²) in [6.45, 7) is 5.64. The number of nitrogens with one attached hydrogen (secondary N) is 1. The van der Waals surface area contributed by atoms with Crippen molar-refractivity contribution in [1.82, 2.24) is 10.3 Å². The van der Waals surface area contributed by atoms with Gasteiger partial charge in [0.2, 0.25) is 0 Å². The molecule has 0 aromatic carbocycles. The third-order valence-corrected chi connectivity index (χ3v) is 4.80. The molecule has 0 bridgehead atoms. The molecule has 19 heavy (non-hydrogen) atoms. The first-order valence-electron chi connectivity index (χ1n) is 6.24. The highest BCUT2D eigenvalue weighted by Gasteiger charge is 2.17. The van der Waals surface area contributed by atoms with Gasteiger partial charge in [0.1, 0.15) is 10.7 Å². The average Bonchev–Trinajstić information content (AvgIpc) is 2.77. The van der Waals surface area contributed by atoms with E-state index >= 15 is 0 Å². The van der Waals surface area contributed by atoms with Crippen LogP contribution in [-0.4, -0.2) is 43.0 Å². The normalized spacial score (nSPS) is 12.2. The van der Waals surface area contributed by atoms with Crippen molar-refractivity contribution in [2.24, 2.45) is 5.92 Å². The number of hydrogen-bond donors (Lipinski definition) is 2. The van der Waals surface area contributed by atoms with Crippen molar-refractivity contribution in [3.63, 3.8) is 0 Å². The molecule has 0 saturated heterocycles. The van der Waals surface area contributed by atoms with E-state index in [1.807, 2.05) is 18.9 Å². The molecule has 0 spiro atoms. The van der Waals surface area contributed by atoms with Crippen LogP contribution in [0.25, 0.3) is 0 Å². The fourth-order valence-corrected chi connectivity index (χ4v) is 3.09. The zero-order chi connectivity index (χ0) is 14.4. The second-order valence-electron chi connectivity index (χ2n) is 4.50. The summed E-state index contributed by atoms with van der Waals surface area (Å²) >= 11 is 3.12. The molecule has 0 saturated carbocycles. The summed E-state index contributed by atoms with van der Waals surface area (Å²) in [7, 11) is 1.93. The van der Waals surface area contributed by atoms with Crippen molar-refractivity contribution < 1.29 is 4.79 Å². The fraction of sp³-hybridized carbons (Fsp3) is 0.667. The maximum Gasteiger partial charge on any atom is 0.265 e. The smallest absolute Gasteiger partial charge is 0.265 e. The van der Waals surface area contributed by atoms with Gasteiger partial charge in [-0.1, -0.05) is 18.3 Å². The van der Waals surface area contributed by atoms with Gasteiger partial charge in [-0.2, -0.15) is 11.8 Å². The fourth-order valence-electron chi connectivity index (χ4n) is 1.47. The highest BCUT2D eigenvalue weighted by molar-refractivity contribution is 7.98. The van der Waals surface area contributed by atoms with E-state index in [1.165, 1.54) is 11.3 Å². The largest absolute Gasteiger partial charge is 0.382 e. The second kappa shape index (κ2) is 7.59. The Labute approximate surface area is 123 Å². The van der Waals surface area contributed by atoms with E-state index in [1.54, 1.807) is 11.8 Å². The van der Waals surface area contributed by atoms with Crippen molar-refractivity contribution in [1.29, 1.82) is 0 Å². The van der Waals surface area contributed by atoms with Gasteiger partial charge < -0.3 is 16.0 Å². The first-order chi connectivity index (χ1) is 8.99. The van der Waals surface area contributed by atoms with Gasteiger partial charge in [0.25, 0.3) is 5.91 Å². The Hall–Kier alpha value is -0.950. The van der Waals surface area contributed by atoms with Crippen molar-refractivity contribution >= 4 is 40.0 Å². The van der Waals surface area contributed by atoms with Gasteiger partial charge in [-0.3, -0.25) is 4.79 Å². The molecule has 1 aromatic rings. The van der Waals surface area contributed by atoms with Crippen LogP contribution < -0.4 is 16.0 Å². The minimum absolute atomic E-state index is 0.126. The van der Waals surface area contributed by atoms with Crippen LogP contribution in [0.1, 0.15) is 23.5 Å². The topological polar surface area (TPSA) is 71.2 Å². The molecule has 108 valence electrons. The minimum atomic E-state index is -0.126. The Balaban J connectivity index is 2.64. The van der Waals surface area contributed by atoms with Gasteiger partial charge >= 0.3 is 0 Å². The second-order valence-corrected chi connectivity index (χ2v) is 6.38. The van der Waals surface area contributed by atoms with Gasteiger partial charge in [-0.05, 0) is 24.9 Å². The molecule has 3 N–H and O–H groups in total. The summed E-state index contributed by atoms with van der Waals surface area (Å²) in [4.78, 5) is 18.7. The average molecular weight is 302 g/mol.